The molecule has 2 aromatic rings. The van der Waals surface area contributed by atoms with Gasteiger partial charge in [-0.25, -0.2) is 0 Å². The molecule has 2 atom stereocenters. The number of carbonyl (C=O) groups excluding carboxylic acids is 2. The zero-order chi connectivity index (χ0) is 22.0. The number of aliphatic hydroxyl groups is 2. The van der Waals surface area contributed by atoms with Gasteiger partial charge in [-0.1, -0.05) is 50.2 Å². The summed E-state index contributed by atoms with van der Waals surface area (Å²) in [5.74, 6) is -0.916. The maximum absolute atomic E-state index is 12.9. The van der Waals surface area contributed by atoms with Crippen molar-refractivity contribution in [2.24, 2.45) is 0 Å². The van der Waals surface area contributed by atoms with E-state index < -0.39 is 23.8 Å². The molecule has 0 aliphatic carbocycles. The van der Waals surface area contributed by atoms with Crippen molar-refractivity contribution >= 4 is 17.4 Å². The van der Waals surface area contributed by atoms with Gasteiger partial charge in [-0.15, -0.1) is 0 Å². The van der Waals surface area contributed by atoms with E-state index in [0.717, 1.165) is 5.56 Å². The molecule has 158 valence electrons. The van der Waals surface area contributed by atoms with Crippen LogP contribution in [0.15, 0.2) is 54.1 Å². The Labute approximate surface area is 176 Å². The fraction of sp³-hybridized carbons (Fsp3) is 0.333. The lowest BCUT2D eigenvalue weighted by atomic mass is 9.93. The second kappa shape index (κ2) is 8.71. The number of hydrogen-bond acceptors (Lipinski definition) is 5. The molecule has 0 radical (unpaired) electrons. The highest BCUT2D eigenvalue weighted by Gasteiger charge is 2.46. The predicted octanol–water partition coefficient (Wildman–Crippen LogP) is 3.62. The molecule has 6 heteroatoms. The topological polar surface area (TPSA) is 87.1 Å². The first-order valence-corrected chi connectivity index (χ1v) is 9.95. The second-order valence-electron chi connectivity index (χ2n) is 7.85. The Balaban J connectivity index is 2.17. The van der Waals surface area contributed by atoms with Crippen LogP contribution in [0.3, 0.4) is 0 Å². The van der Waals surface area contributed by atoms with Gasteiger partial charge in [0.2, 0.25) is 0 Å². The molecule has 0 spiro atoms. The summed E-state index contributed by atoms with van der Waals surface area (Å²) in [6, 6.07) is 13.5. The Bertz CT molecular complexity index is 975. The normalized spacial score (nSPS) is 19.4. The SMILES string of the molecule is COc1cccc(C(O)=C2C(=O)C(=O)N(CC(C)O)C2c2ccc(C(C)C)cc2)c1. The molecule has 2 aromatic carbocycles. The summed E-state index contributed by atoms with van der Waals surface area (Å²) in [6.45, 7) is 5.70. The van der Waals surface area contributed by atoms with Crippen LogP contribution in [0.1, 0.15) is 49.4 Å². The number of Topliss-reactive ketones (excluding diaryl/α,β-unsaturated/α-hetero) is 1. The van der Waals surface area contributed by atoms with Gasteiger partial charge in [0.15, 0.2) is 0 Å². The van der Waals surface area contributed by atoms with Gasteiger partial charge in [-0.2, -0.15) is 0 Å². The highest BCUT2D eigenvalue weighted by Crippen LogP contribution is 2.40. The molecule has 6 nitrogen and oxygen atoms in total. The van der Waals surface area contributed by atoms with E-state index in [1.54, 1.807) is 31.2 Å². The summed E-state index contributed by atoms with van der Waals surface area (Å²) in [6.07, 6.45) is -0.822. The number of carbonyl (C=O) groups is 2. The highest BCUT2D eigenvalue weighted by atomic mass is 16.5. The van der Waals surface area contributed by atoms with Crippen LogP contribution in [0.5, 0.6) is 5.75 Å². The number of methoxy groups -OCH3 is 1. The minimum absolute atomic E-state index is 0.00574. The lowest BCUT2D eigenvalue weighted by Gasteiger charge is -2.26. The largest absolute Gasteiger partial charge is 0.507 e. The average molecular weight is 409 g/mol. The van der Waals surface area contributed by atoms with Crippen molar-refractivity contribution in [3.63, 3.8) is 0 Å². The number of likely N-dealkylation sites (tertiary alicyclic amines) is 1. The Morgan fingerprint density at radius 2 is 1.77 bits per heavy atom. The summed E-state index contributed by atoms with van der Waals surface area (Å²) < 4.78 is 5.21. The van der Waals surface area contributed by atoms with E-state index in [1.807, 2.05) is 24.3 Å². The van der Waals surface area contributed by atoms with Crippen LogP contribution in [-0.4, -0.2) is 46.6 Å². The third kappa shape index (κ3) is 4.09. The van der Waals surface area contributed by atoms with Gasteiger partial charge < -0.3 is 19.8 Å². The summed E-state index contributed by atoms with van der Waals surface area (Å²) in [5, 5.41) is 20.9. The van der Waals surface area contributed by atoms with Crippen LogP contribution in [0.25, 0.3) is 5.76 Å². The number of hydrogen-bond donors (Lipinski definition) is 2. The quantitative estimate of drug-likeness (QED) is 0.432. The number of ketones is 1. The smallest absolute Gasteiger partial charge is 0.295 e. The van der Waals surface area contributed by atoms with E-state index in [9.17, 15) is 19.8 Å². The fourth-order valence-electron chi connectivity index (χ4n) is 3.69. The number of ether oxygens (including phenoxy) is 1. The molecule has 1 amide bonds. The first-order valence-electron chi connectivity index (χ1n) is 9.95. The van der Waals surface area contributed by atoms with Crippen molar-refractivity contribution in [3.05, 3.63) is 70.8 Å². The monoisotopic (exact) mass is 409 g/mol. The summed E-state index contributed by atoms with van der Waals surface area (Å²) >= 11 is 0. The van der Waals surface area contributed by atoms with Crippen molar-refractivity contribution in [2.75, 3.05) is 13.7 Å². The molecule has 1 heterocycles. The molecule has 0 saturated carbocycles. The molecule has 30 heavy (non-hydrogen) atoms. The van der Waals surface area contributed by atoms with Gasteiger partial charge in [0.25, 0.3) is 11.7 Å². The van der Waals surface area contributed by atoms with Gasteiger partial charge >= 0.3 is 0 Å². The number of nitrogens with zero attached hydrogens (tertiary/aromatic N) is 1. The molecular weight excluding hydrogens is 382 g/mol. The summed E-state index contributed by atoms with van der Waals surface area (Å²) in [4.78, 5) is 27.0. The molecule has 1 fully saturated rings. The molecule has 2 unspecified atom stereocenters. The van der Waals surface area contributed by atoms with E-state index in [1.165, 1.54) is 12.0 Å². The fourth-order valence-corrected chi connectivity index (χ4v) is 3.69. The van der Waals surface area contributed by atoms with Crippen molar-refractivity contribution in [3.8, 4) is 5.75 Å². The molecule has 0 bridgehead atoms. The minimum Gasteiger partial charge on any atom is -0.507 e. The van der Waals surface area contributed by atoms with Crippen LogP contribution >= 0.6 is 0 Å². The van der Waals surface area contributed by atoms with Crippen molar-refractivity contribution in [1.29, 1.82) is 0 Å². The van der Waals surface area contributed by atoms with Gasteiger partial charge in [0, 0.05) is 12.1 Å². The Hall–Kier alpha value is -3.12. The number of benzene rings is 2. The van der Waals surface area contributed by atoms with Gasteiger partial charge in [0.05, 0.1) is 24.8 Å². The maximum Gasteiger partial charge on any atom is 0.295 e. The number of rotatable bonds is 6. The summed E-state index contributed by atoms with van der Waals surface area (Å²) in [7, 11) is 1.51. The minimum atomic E-state index is -0.822. The van der Waals surface area contributed by atoms with Crippen LogP contribution < -0.4 is 4.74 Å². The van der Waals surface area contributed by atoms with Gasteiger partial charge in [0.1, 0.15) is 11.5 Å². The molecular formula is C24H27NO5. The Morgan fingerprint density at radius 3 is 2.33 bits per heavy atom. The zero-order valence-electron chi connectivity index (χ0n) is 17.6. The average Bonchev–Trinajstić information content (AvgIpc) is 2.97. The Kier molecular flexibility index (Phi) is 6.27. The lowest BCUT2D eigenvalue weighted by molar-refractivity contribution is -0.140. The maximum atomic E-state index is 12.9. The standard InChI is InChI=1S/C24H27NO5/c1-14(2)16-8-10-17(11-9-16)21-20(23(28)24(29)25(21)13-15(3)26)22(27)18-6-5-7-19(12-18)30-4/h5-12,14-15,21,26-27H,13H2,1-4H3. The van der Waals surface area contributed by atoms with Gasteiger partial charge in [-0.05, 0) is 36.1 Å². The second-order valence-corrected chi connectivity index (χ2v) is 7.85. The molecule has 3 rings (SSSR count). The van der Waals surface area contributed by atoms with Crippen LogP contribution in [0.4, 0.5) is 0 Å². The van der Waals surface area contributed by atoms with E-state index in [4.69, 9.17) is 4.74 Å². The highest BCUT2D eigenvalue weighted by molar-refractivity contribution is 6.46. The number of aliphatic hydroxyl groups excluding tert-OH is 2. The lowest BCUT2D eigenvalue weighted by Crippen LogP contribution is -2.35. The molecule has 1 aliphatic rings. The molecule has 1 aliphatic heterocycles. The van der Waals surface area contributed by atoms with Crippen LogP contribution in [0.2, 0.25) is 0 Å². The number of amides is 1. The van der Waals surface area contributed by atoms with Crippen LogP contribution in [-0.2, 0) is 9.59 Å². The third-order valence-electron chi connectivity index (χ3n) is 5.26. The van der Waals surface area contributed by atoms with Crippen molar-refractivity contribution < 1.29 is 24.5 Å². The molecule has 1 saturated heterocycles. The molecule has 0 aromatic heterocycles. The van der Waals surface area contributed by atoms with E-state index in [0.29, 0.717) is 22.8 Å². The number of β-amino-alcohol motifs (C(OH)–C–C–N with tert-alkyl or cyclic N) is 1. The van der Waals surface area contributed by atoms with E-state index in [2.05, 4.69) is 13.8 Å². The summed E-state index contributed by atoms with van der Waals surface area (Å²) in [5.41, 5.74) is 2.21. The first kappa shape index (κ1) is 21.6. The first-order chi connectivity index (χ1) is 14.2. The van der Waals surface area contributed by atoms with Crippen molar-refractivity contribution in [2.45, 2.75) is 38.8 Å². The van der Waals surface area contributed by atoms with Crippen LogP contribution in [0, 0.1) is 0 Å². The Morgan fingerprint density at radius 1 is 1.10 bits per heavy atom. The van der Waals surface area contributed by atoms with E-state index >= 15 is 0 Å². The van der Waals surface area contributed by atoms with Gasteiger partial charge in [-0.3, -0.25) is 9.59 Å². The van der Waals surface area contributed by atoms with E-state index in [-0.39, 0.29) is 17.9 Å². The zero-order valence-corrected chi connectivity index (χ0v) is 17.6. The molecule has 2 N–H and O–H groups in total. The third-order valence-corrected chi connectivity index (χ3v) is 5.26. The van der Waals surface area contributed by atoms with Crippen molar-refractivity contribution in [1.82, 2.24) is 4.90 Å². The predicted molar refractivity (Wildman–Crippen MR) is 114 cm³/mol.